The molecule has 1 atom stereocenters. The number of nitro groups is 1. The van der Waals surface area contributed by atoms with Crippen LogP contribution < -0.4 is 9.64 Å². The van der Waals surface area contributed by atoms with Gasteiger partial charge in [-0.15, -0.1) is 0 Å². The summed E-state index contributed by atoms with van der Waals surface area (Å²) in [5, 5.41) is 9.92. The number of sulfone groups is 1. The standard InChI is InChI=1S/C27H24N2O6S/c1-18-14-19(2)16-23(15-18)28-26(30)25(13-7-9-20-8-4-5-12-24(20)35-3)36(33,34)27(28)21-10-6-11-22(17-21)29(31)32/h4-17,27H,1-3H3/b9-7+,25-13-. The number of hydrogen-bond acceptors (Lipinski definition) is 6. The number of benzene rings is 3. The molecule has 0 spiro atoms. The maximum Gasteiger partial charge on any atom is 0.271 e. The summed E-state index contributed by atoms with van der Waals surface area (Å²) in [6.45, 7) is 3.70. The van der Waals surface area contributed by atoms with E-state index in [1.807, 2.05) is 32.0 Å². The quantitative estimate of drug-likeness (QED) is 0.257. The van der Waals surface area contributed by atoms with E-state index < -0.39 is 30.9 Å². The maximum absolute atomic E-state index is 13.7. The predicted octanol–water partition coefficient (Wildman–Crippen LogP) is 5.28. The summed E-state index contributed by atoms with van der Waals surface area (Å²) in [5.41, 5.74) is 2.68. The Morgan fingerprint density at radius 2 is 1.69 bits per heavy atom. The van der Waals surface area contributed by atoms with Crippen LogP contribution >= 0.6 is 0 Å². The Morgan fingerprint density at radius 3 is 2.36 bits per heavy atom. The molecule has 1 heterocycles. The van der Waals surface area contributed by atoms with E-state index in [0.717, 1.165) is 11.1 Å². The largest absolute Gasteiger partial charge is 0.496 e. The van der Waals surface area contributed by atoms with E-state index in [1.165, 1.54) is 48.4 Å². The number of nitro benzene ring substituents is 1. The summed E-state index contributed by atoms with van der Waals surface area (Å²) in [6.07, 6.45) is 4.39. The van der Waals surface area contributed by atoms with E-state index in [2.05, 4.69) is 0 Å². The lowest BCUT2D eigenvalue weighted by Crippen LogP contribution is -2.29. The van der Waals surface area contributed by atoms with Gasteiger partial charge in [0.2, 0.25) is 9.84 Å². The Bertz CT molecular complexity index is 1500. The predicted molar refractivity (Wildman–Crippen MR) is 138 cm³/mol. The number of methoxy groups -OCH3 is 1. The van der Waals surface area contributed by atoms with Gasteiger partial charge in [0.1, 0.15) is 10.7 Å². The van der Waals surface area contributed by atoms with Gasteiger partial charge in [-0.1, -0.05) is 48.6 Å². The lowest BCUT2D eigenvalue weighted by Gasteiger charge is -2.24. The molecule has 1 fully saturated rings. The lowest BCUT2D eigenvalue weighted by molar-refractivity contribution is -0.384. The number of aryl methyl sites for hydroxylation is 2. The Hall–Kier alpha value is -4.24. The molecule has 184 valence electrons. The van der Waals surface area contributed by atoms with Crippen molar-refractivity contribution in [1.82, 2.24) is 0 Å². The third kappa shape index (κ3) is 4.65. The first kappa shape index (κ1) is 24.9. The van der Waals surface area contributed by atoms with Gasteiger partial charge < -0.3 is 4.74 Å². The first-order valence-corrected chi connectivity index (χ1v) is 12.6. The summed E-state index contributed by atoms with van der Waals surface area (Å²) in [6, 6.07) is 17.9. The second kappa shape index (κ2) is 9.79. The zero-order chi connectivity index (χ0) is 26.0. The third-order valence-electron chi connectivity index (χ3n) is 5.78. The van der Waals surface area contributed by atoms with Gasteiger partial charge in [-0.2, -0.15) is 0 Å². The Balaban J connectivity index is 1.87. The van der Waals surface area contributed by atoms with E-state index in [0.29, 0.717) is 17.0 Å². The molecule has 0 aliphatic carbocycles. The van der Waals surface area contributed by atoms with Gasteiger partial charge >= 0.3 is 0 Å². The molecule has 4 rings (SSSR count). The third-order valence-corrected chi connectivity index (χ3v) is 7.77. The number of ether oxygens (including phenoxy) is 1. The number of allylic oxidation sites excluding steroid dienone is 2. The van der Waals surface area contributed by atoms with Gasteiger partial charge in [-0.3, -0.25) is 19.8 Å². The molecule has 0 saturated carbocycles. The topological polar surface area (TPSA) is 107 Å². The Morgan fingerprint density at radius 1 is 1.00 bits per heavy atom. The molecule has 1 aliphatic rings. The van der Waals surface area contributed by atoms with Gasteiger partial charge in [-0.05, 0) is 54.8 Å². The van der Waals surface area contributed by atoms with Crippen LogP contribution in [-0.4, -0.2) is 26.4 Å². The van der Waals surface area contributed by atoms with Crippen LogP contribution in [0.2, 0.25) is 0 Å². The van der Waals surface area contributed by atoms with Crippen molar-refractivity contribution in [3.8, 4) is 5.75 Å². The molecule has 3 aromatic carbocycles. The number of rotatable bonds is 6. The molecule has 8 nitrogen and oxygen atoms in total. The van der Waals surface area contributed by atoms with Crippen LogP contribution in [0.3, 0.4) is 0 Å². The number of non-ortho nitro benzene ring substituents is 1. The number of carbonyl (C=O) groups is 1. The van der Waals surface area contributed by atoms with Gasteiger partial charge in [0.25, 0.3) is 11.6 Å². The summed E-state index contributed by atoms with van der Waals surface area (Å²) in [5.74, 6) is -0.111. The van der Waals surface area contributed by atoms with Gasteiger partial charge in [0, 0.05) is 23.4 Å². The van der Waals surface area contributed by atoms with Crippen LogP contribution in [0.5, 0.6) is 5.75 Å². The fourth-order valence-electron chi connectivity index (χ4n) is 4.28. The van der Waals surface area contributed by atoms with Crippen LogP contribution in [0, 0.1) is 24.0 Å². The highest BCUT2D eigenvalue weighted by molar-refractivity contribution is 7.97. The van der Waals surface area contributed by atoms with Crippen LogP contribution in [0.25, 0.3) is 6.08 Å². The zero-order valence-electron chi connectivity index (χ0n) is 19.9. The number of hydrogen-bond donors (Lipinski definition) is 0. The average molecular weight is 505 g/mol. The second-order valence-electron chi connectivity index (χ2n) is 8.40. The van der Waals surface area contributed by atoms with Crippen molar-refractivity contribution in [2.24, 2.45) is 0 Å². The molecule has 1 saturated heterocycles. The molecule has 9 heteroatoms. The van der Waals surface area contributed by atoms with Crippen LogP contribution in [0.1, 0.15) is 27.6 Å². The normalized spacial score (nSPS) is 18.2. The SMILES string of the molecule is COc1ccccc1/C=C/C=C1/C(=O)N(c2cc(C)cc(C)c2)C(c2cccc([N+](=O)[O-])c2)S1(=O)=O. The molecule has 1 aliphatic heterocycles. The molecule has 0 bridgehead atoms. The number of amides is 1. The summed E-state index contributed by atoms with van der Waals surface area (Å²) in [7, 11) is -2.70. The molecule has 3 aromatic rings. The fourth-order valence-corrected chi connectivity index (χ4v) is 6.13. The smallest absolute Gasteiger partial charge is 0.271 e. The van der Waals surface area contributed by atoms with Crippen molar-refractivity contribution in [2.75, 3.05) is 12.0 Å². The maximum atomic E-state index is 13.7. The van der Waals surface area contributed by atoms with E-state index in [1.54, 1.807) is 30.3 Å². The Kier molecular flexibility index (Phi) is 6.76. The fraction of sp³-hybridized carbons (Fsp3) is 0.148. The molecular formula is C27H24N2O6S. The molecule has 1 amide bonds. The number of nitrogens with zero attached hydrogens (tertiary/aromatic N) is 2. The van der Waals surface area contributed by atoms with Crippen LogP contribution in [0.4, 0.5) is 11.4 Å². The van der Waals surface area contributed by atoms with E-state index in [4.69, 9.17) is 4.74 Å². The monoisotopic (exact) mass is 504 g/mol. The minimum absolute atomic E-state index is 0.133. The second-order valence-corrected chi connectivity index (χ2v) is 10.4. The van der Waals surface area contributed by atoms with Crippen molar-refractivity contribution in [3.63, 3.8) is 0 Å². The highest BCUT2D eigenvalue weighted by Crippen LogP contribution is 2.44. The number of para-hydroxylation sites is 1. The van der Waals surface area contributed by atoms with Gasteiger partial charge in [0.15, 0.2) is 5.37 Å². The molecule has 36 heavy (non-hydrogen) atoms. The molecule has 0 N–H and O–H groups in total. The molecular weight excluding hydrogens is 480 g/mol. The first-order valence-electron chi connectivity index (χ1n) is 11.0. The van der Waals surface area contributed by atoms with E-state index >= 15 is 0 Å². The van der Waals surface area contributed by atoms with Crippen molar-refractivity contribution in [2.45, 2.75) is 19.2 Å². The number of anilines is 1. The minimum atomic E-state index is -4.23. The van der Waals surface area contributed by atoms with Crippen molar-refractivity contribution < 1.29 is 22.9 Å². The highest BCUT2D eigenvalue weighted by Gasteiger charge is 2.50. The molecule has 1 unspecified atom stereocenters. The highest BCUT2D eigenvalue weighted by atomic mass is 32.2. The zero-order valence-corrected chi connectivity index (χ0v) is 20.7. The number of carbonyl (C=O) groups excluding carboxylic acids is 1. The lowest BCUT2D eigenvalue weighted by atomic mass is 10.1. The van der Waals surface area contributed by atoms with Crippen LogP contribution in [0.15, 0.2) is 83.8 Å². The minimum Gasteiger partial charge on any atom is -0.496 e. The average Bonchev–Trinajstić information content (AvgIpc) is 3.04. The molecule has 0 radical (unpaired) electrons. The van der Waals surface area contributed by atoms with Gasteiger partial charge in [-0.25, -0.2) is 8.42 Å². The van der Waals surface area contributed by atoms with Crippen molar-refractivity contribution in [3.05, 3.63) is 116 Å². The van der Waals surface area contributed by atoms with Crippen molar-refractivity contribution in [1.29, 1.82) is 0 Å². The van der Waals surface area contributed by atoms with Crippen molar-refractivity contribution >= 4 is 33.2 Å². The first-order chi connectivity index (χ1) is 17.1. The van der Waals surface area contributed by atoms with E-state index in [-0.39, 0.29) is 11.3 Å². The van der Waals surface area contributed by atoms with E-state index in [9.17, 15) is 23.3 Å². The van der Waals surface area contributed by atoms with Crippen LogP contribution in [-0.2, 0) is 14.6 Å². The summed E-state index contributed by atoms with van der Waals surface area (Å²) in [4.78, 5) is 25.2. The summed E-state index contributed by atoms with van der Waals surface area (Å²) >= 11 is 0. The molecule has 0 aromatic heterocycles. The van der Waals surface area contributed by atoms with Gasteiger partial charge in [0.05, 0.1) is 12.0 Å². The Labute approximate surface area is 209 Å². The summed E-state index contributed by atoms with van der Waals surface area (Å²) < 4.78 is 32.8.